The number of fused-ring (bicyclic) bond motifs is 3. The van der Waals surface area contributed by atoms with Gasteiger partial charge in [-0.15, -0.1) is 0 Å². The number of allylic oxidation sites excluding steroid dienone is 2. The van der Waals surface area contributed by atoms with Gasteiger partial charge in [0.1, 0.15) is 17.2 Å². The first kappa shape index (κ1) is 20.2. The lowest BCUT2D eigenvalue weighted by Crippen LogP contribution is -2.47. The predicted molar refractivity (Wildman–Crippen MR) is 116 cm³/mol. The maximum absolute atomic E-state index is 14.0. The highest BCUT2D eigenvalue weighted by Crippen LogP contribution is 2.59. The number of nitriles is 1. The van der Waals surface area contributed by atoms with Crippen LogP contribution < -0.4 is 0 Å². The predicted octanol–water partition coefficient (Wildman–Crippen LogP) is 4.07. The number of rotatable bonds is 2. The van der Waals surface area contributed by atoms with E-state index in [9.17, 15) is 19.6 Å². The van der Waals surface area contributed by atoms with Crippen molar-refractivity contribution in [2.75, 3.05) is 0 Å². The molecule has 160 valence electrons. The molecule has 1 spiro atoms. The fourth-order valence-electron chi connectivity index (χ4n) is 5.45. The molecule has 6 heteroatoms. The number of ketones is 3. The van der Waals surface area contributed by atoms with Gasteiger partial charge in [-0.25, -0.2) is 0 Å². The number of hydrogen-bond acceptors (Lipinski definition) is 6. The average molecular weight is 426 g/mol. The van der Waals surface area contributed by atoms with E-state index >= 15 is 0 Å². The van der Waals surface area contributed by atoms with E-state index in [1.807, 2.05) is 20.8 Å². The summed E-state index contributed by atoms with van der Waals surface area (Å²) >= 11 is 0. The van der Waals surface area contributed by atoms with Gasteiger partial charge in [0.15, 0.2) is 17.3 Å². The van der Waals surface area contributed by atoms with Gasteiger partial charge >= 0.3 is 0 Å². The summed E-state index contributed by atoms with van der Waals surface area (Å²) in [6.45, 7) is 5.45. The third-order valence-electron chi connectivity index (χ3n) is 6.82. The van der Waals surface area contributed by atoms with Crippen LogP contribution in [0.15, 0.2) is 71.0 Å². The zero-order chi connectivity index (χ0) is 22.8. The Hall–Kier alpha value is -3.72. The molecule has 2 aliphatic heterocycles. The number of carbonyl (C=O) groups is 3. The van der Waals surface area contributed by atoms with Crippen molar-refractivity contribution in [3.8, 4) is 6.07 Å². The molecule has 3 atom stereocenters. The van der Waals surface area contributed by atoms with Gasteiger partial charge in [0.2, 0.25) is 0 Å². The molecule has 0 bridgehead atoms. The molecule has 3 heterocycles. The Bertz CT molecular complexity index is 1220. The summed E-state index contributed by atoms with van der Waals surface area (Å²) in [7, 11) is 0. The van der Waals surface area contributed by atoms with E-state index in [0.29, 0.717) is 22.5 Å². The van der Waals surface area contributed by atoms with Gasteiger partial charge < -0.3 is 9.32 Å². The van der Waals surface area contributed by atoms with Gasteiger partial charge in [-0.2, -0.15) is 5.26 Å². The van der Waals surface area contributed by atoms with Crippen molar-refractivity contribution in [3.63, 3.8) is 0 Å². The third kappa shape index (κ3) is 2.42. The van der Waals surface area contributed by atoms with Gasteiger partial charge in [-0.3, -0.25) is 14.4 Å². The van der Waals surface area contributed by atoms with Crippen LogP contribution in [0, 0.1) is 22.2 Å². The van der Waals surface area contributed by atoms with Gasteiger partial charge in [-0.1, -0.05) is 51.1 Å². The van der Waals surface area contributed by atoms with Crippen molar-refractivity contribution < 1.29 is 18.8 Å². The van der Waals surface area contributed by atoms with Gasteiger partial charge in [0.25, 0.3) is 0 Å². The second kappa shape index (κ2) is 6.64. The fourth-order valence-corrected chi connectivity index (χ4v) is 5.45. The largest absolute Gasteiger partial charge is 0.469 e. The van der Waals surface area contributed by atoms with Gasteiger partial charge in [-0.05, 0) is 18.2 Å². The average Bonchev–Trinajstić information content (AvgIpc) is 3.45. The van der Waals surface area contributed by atoms with E-state index < -0.39 is 28.8 Å². The molecule has 0 N–H and O–H groups in total. The molecule has 1 saturated heterocycles. The van der Waals surface area contributed by atoms with Crippen molar-refractivity contribution in [3.05, 3.63) is 83.5 Å². The standard InChI is InChI=1S/C26H22N2O4/c1-25(2,3)24(31)21-20(18-9-6-12-32-18)26(19-11-10-15(13-27)14-28(19)21)22(29)16-7-4-5-8-17(16)23(26)30/h4-12,14,19-21H,1-3H3/t19-,20-,21-/m1/s1. The van der Waals surface area contributed by atoms with E-state index in [2.05, 4.69) is 6.07 Å². The molecular formula is C26H22N2O4. The van der Waals surface area contributed by atoms with Crippen molar-refractivity contribution >= 4 is 17.3 Å². The van der Waals surface area contributed by atoms with Crippen LogP contribution in [0.5, 0.6) is 0 Å². The van der Waals surface area contributed by atoms with E-state index in [0.717, 1.165) is 0 Å². The van der Waals surface area contributed by atoms with Crippen molar-refractivity contribution in [2.24, 2.45) is 10.8 Å². The van der Waals surface area contributed by atoms with E-state index in [4.69, 9.17) is 4.42 Å². The Morgan fingerprint density at radius 2 is 1.75 bits per heavy atom. The molecule has 1 fully saturated rings. The molecular weight excluding hydrogens is 404 g/mol. The van der Waals surface area contributed by atoms with Crippen LogP contribution in [0.2, 0.25) is 0 Å². The molecule has 32 heavy (non-hydrogen) atoms. The van der Waals surface area contributed by atoms with Crippen LogP contribution in [-0.2, 0) is 4.79 Å². The van der Waals surface area contributed by atoms with Gasteiger partial charge in [0.05, 0.1) is 29.8 Å². The molecule has 0 unspecified atom stereocenters. The third-order valence-corrected chi connectivity index (χ3v) is 6.82. The summed E-state index contributed by atoms with van der Waals surface area (Å²) in [6.07, 6.45) is 6.43. The highest BCUT2D eigenvalue weighted by Gasteiger charge is 2.72. The summed E-state index contributed by atoms with van der Waals surface area (Å²) in [5, 5.41) is 9.51. The van der Waals surface area contributed by atoms with E-state index in [1.54, 1.807) is 59.7 Å². The Morgan fingerprint density at radius 1 is 1.09 bits per heavy atom. The molecule has 3 aliphatic rings. The van der Waals surface area contributed by atoms with Gasteiger partial charge in [0, 0.05) is 22.7 Å². The molecule has 0 saturated carbocycles. The highest BCUT2D eigenvalue weighted by molar-refractivity contribution is 6.31. The van der Waals surface area contributed by atoms with Crippen molar-refractivity contribution in [1.82, 2.24) is 4.90 Å². The Balaban J connectivity index is 1.83. The minimum Gasteiger partial charge on any atom is -0.469 e. The minimum atomic E-state index is -1.55. The van der Waals surface area contributed by atoms with Crippen LogP contribution in [0.25, 0.3) is 0 Å². The number of furan rings is 1. The lowest BCUT2D eigenvalue weighted by molar-refractivity contribution is -0.130. The Kier molecular flexibility index (Phi) is 4.19. The number of benzene rings is 1. The number of Topliss-reactive ketones (excluding diaryl/α,β-unsaturated/α-hetero) is 3. The first-order valence-corrected chi connectivity index (χ1v) is 10.6. The SMILES string of the molecule is CC(C)(C)C(=O)[C@H]1[C@@H](c2ccco2)C2(C(=O)c3ccccc3C2=O)[C@H]2C=CC(C#N)=CN12. The van der Waals surface area contributed by atoms with E-state index in [-0.39, 0.29) is 17.3 Å². The second-order valence-corrected chi connectivity index (χ2v) is 9.57. The monoisotopic (exact) mass is 426 g/mol. The quantitative estimate of drug-likeness (QED) is 0.672. The molecule has 0 amide bonds. The maximum Gasteiger partial charge on any atom is 0.180 e. The Labute approximate surface area is 185 Å². The summed E-state index contributed by atoms with van der Waals surface area (Å²) in [5.41, 5.74) is -1.22. The first-order chi connectivity index (χ1) is 15.2. The van der Waals surface area contributed by atoms with Crippen LogP contribution in [0.4, 0.5) is 0 Å². The minimum absolute atomic E-state index is 0.124. The molecule has 1 aliphatic carbocycles. The van der Waals surface area contributed by atoms with Crippen molar-refractivity contribution in [1.29, 1.82) is 5.26 Å². The Morgan fingerprint density at radius 3 is 2.28 bits per heavy atom. The first-order valence-electron chi connectivity index (χ1n) is 10.6. The normalized spacial score (nSPS) is 25.5. The molecule has 1 aromatic heterocycles. The number of nitrogens with zero attached hydrogens (tertiary/aromatic N) is 2. The van der Waals surface area contributed by atoms with Crippen LogP contribution in [0.1, 0.15) is 53.2 Å². The van der Waals surface area contributed by atoms with Crippen molar-refractivity contribution in [2.45, 2.75) is 38.8 Å². The van der Waals surface area contributed by atoms with Crippen LogP contribution >= 0.6 is 0 Å². The number of hydrogen-bond donors (Lipinski definition) is 0. The lowest BCUT2D eigenvalue weighted by atomic mass is 9.65. The summed E-state index contributed by atoms with van der Waals surface area (Å²) in [5.74, 6) is -1.16. The molecule has 5 rings (SSSR count). The smallest absolute Gasteiger partial charge is 0.180 e. The highest BCUT2D eigenvalue weighted by atomic mass is 16.3. The number of carbonyl (C=O) groups excluding carboxylic acids is 3. The van der Waals surface area contributed by atoms with Crippen LogP contribution in [-0.4, -0.2) is 34.3 Å². The zero-order valence-corrected chi connectivity index (χ0v) is 18.0. The summed E-state index contributed by atoms with van der Waals surface area (Å²) < 4.78 is 5.76. The maximum atomic E-state index is 14.0. The zero-order valence-electron chi connectivity index (χ0n) is 18.0. The molecule has 1 aromatic carbocycles. The summed E-state index contributed by atoms with van der Waals surface area (Å²) in [6, 6.07) is 10.8. The summed E-state index contributed by atoms with van der Waals surface area (Å²) in [4.78, 5) is 43.6. The molecule has 2 aromatic rings. The lowest BCUT2D eigenvalue weighted by Gasteiger charge is -2.34. The topological polar surface area (TPSA) is 91.4 Å². The van der Waals surface area contributed by atoms with Crippen LogP contribution in [0.3, 0.4) is 0 Å². The van der Waals surface area contributed by atoms with E-state index in [1.165, 1.54) is 6.26 Å². The molecule has 6 nitrogen and oxygen atoms in total. The molecule has 0 radical (unpaired) electrons. The fraction of sp³-hybridized carbons (Fsp3) is 0.308. The second-order valence-electron chi connectivity index (χ2n) is 9.57.